The Hall–Kier alpha value is -3.06. The fourth-order valence-electron chi connectivity index (χ4n) is 1.89. The highest BCUT2D eigenvalue weighted by atomic mass is 35.5. The number of nitrogens with zero attached hydrogens (tertiary/aromatic N) is 4. The molecule has 1 amide bonds. The molecule has 3 N–H and O–H groups in total. The third-order valence-corrected chi connectivity index (χ3v) is 3.28. The zero-order valence-electron chi connectivity index (χ0n) is 11.8. The molecule has 0 spiro atoms. The molecule has 0 bridgehead atoms. The number of nitrogens with one attached hydrogen (secondary N) is 1. The third-order valence-electron chi connectivity index (χ3n) is 2.96. The van der Waals surface area contributed by atoms with E-state index < -0.39 is 5.91 Å². The first-order valence-electron chi connectivity index (χ1n) is 6.60. The molecule has 0 atom stereocenters. The first-order valence-corrected chi connectivity index (χ1v) is 6.98. The molecular formula is C15H11ClN6O. The van der Waals surface area contributed by atoms with Crippen LogP contribution < -0.4 is 11.1 Å². The monoisotopic (exact) mass is 326 g/mol. The Morgan fingerprint density at radius 3 is 2.74 bits per heavy atom. The Labute approximate surface area is 136 Å². The van der Waals surface area contributed by atoms with E-state index in [2.05, 4.69) is 25.3 Å². The molecule has 3 rings (SSSR count). The van der Waals surface area contributed by atoms with Crippen molar-refractivity contribution in [1.82, 2.24) is 19.9 Å². The van der Waals surface area contributed by atoms with Crippen molar-refractivity contribution < 1.29 is 4.79 Å². The van der Waals surface area contributed by atoms with E-state index in [-0.39, 0.29) is 11.8 Å². The smallest absolute Gasteiger partial charge is 0.258 e. The van der Waals surface area contributed by atoms with Gasteiger partial charge in [0.05, 0.1) is 5.02 Å². The zero-order chi connectivity index (χ0) is 16.2. The summed E-state index contributed by atoms with van der Waals surface area (Å²) in [5.74, 6) is 0.353. The fourth-order valence-corrected chi connectivity index (χ4v) is 2.11. The number of carbonyl (C=O) groups is 1. The van der Waals surface area contributed by atoms with Gasteiger partial charge in [0.15, 0.2) is 5.82 Å². The Kier molecular flexibility index (Phi) is 4.11. The molecule has 2 heterocycles. The number of aromatic nitrogens is 4. The maximum absolute atomic E-state index is 12.2. The molecule has 0 aliphatic heterocycles. The SMILES string of the molecule is Nc1cc(C(=O)Nc2ncnc(-c3ccccc3Cl)n2)ccn1. The van der Waals surface area contributed by atoms with E-state index in [0.717, 1.165) is 0 Å². The quantitative estimate of drug-likeness (QED) is 0.765. The Balaban J connectivity index is 1.86. The van der Waals surface area contributed by atoms with E-state index >= 15 is 0 Å². The molecule has 0 aliphatic rings. The van der Waals surface area contributed by atoms with Gasteiger partial charge < -0.3 is 5.73 Å². The molecule has 0 saturated carbocycles. The van der Waals surface area contributed by atoms with Crippen molar-refractivity contribution in [2.45, 2.75) is 0 Å². The van der Waals surface area contributed by atoms with Crippen LogP contribution in [0.3, 0.4) is 0 Å². The van der Waals surface area contributed by atoms with Crippen LogP contribution in [-0.2, 0) is 0 Å². The highest BCUT2D eigenvalue weighted by Crippen LogP contribution is 2.24. The Morgan fingerprint density at radius 2 is 1.96 bits per heavy atom. The van der Waals surface area contributed by atoms with Crippen LogP contribution in [0.15, 0.2) is 48.9 Å². The first-order chi connectivity index (χ1) is 11.1. The van der Waals surface area contributed by atoms with Gasteiger partial charge in [-0.2, -0.15) is 4.98 Å². The van der Waals surface area contributed by atoms with Crippen molar-refractivity contribution in [3.63, 3.8) is 0 Å². The molecule has 114 valence electrons. The summed E-state index contributed by atoms with van der Waals surface area (Å²) in [7, 11) is 0. The lowest BCUT2D eigenvalue weighted by molar-refractivity contribution is 0.102. The van der Waals surface area contributed by atoms with Gasteiger partial charge in [-0.3, -0.25) is 10.1 Å². The first kappa shape index (κ1) is 14.9. The number of pyridine rings is 1. The second-order valence-electron chi connectivity index (χ2n) is 4.54. The van der Waals surface area contributed by atoms with E-state index in [1.165, 1.54) is 18.6 Å². The highest BCUT2D eigenvalue weighted by molar-refractivity contribution is 6.33. The summed E-state index contributed by atoms with van der Waals surface area (Å²) in [6.07, 6.45) is 2.76. The van der Waals surface area contributed by atoms with Crippen molar-refractivity contribution >= 4 is 29.3 Å². The van der Waals surface area contributed by atoms with Gasteiger partial charge in [-0.1, -0.05) is 23.7 Å². The number of benzene rings is 1. The maximum Gasteiger partial charge on any atom is 0.258 e. The lowest BCUT2D eigenvalue weighted by Gasteiger charge is -2.06. The van der Waals surface area contributed by atoms with Crippen molar-refractivity contribution in [3.05, 3.63) is 59.5 Å². The fraction of sp³-hybridized carbons (Fsp3) is 0. The van der Waals surface area contributed by atoms with Crippen LogP contribution in [0.2, 0.25) is 5.02 Å². The van der Waals surface area contributed by atoms with Crippen molar-refractivity contribution in [3.8, 4) is 11.4 Å². The minimum Gasteiger partial charge on any atom is -0.384 e. The molecule has 0 radical (unpaired) electrons. The average Bonchev–Trinajstić information content (AvgIpc) is 2.55. The summed E-state index contributed by atoms with van der Waals surface area (Å²) < 4.78 is 0. The number of carbonyl (C=O) groups excluding carboxylic acids is 1. The molecule has 1 aromatic carbocycles. The second-order valence-corrected chi connectivity index (χ2v) is 4.94. The largest absolute Gasteiger partial charge is 0.384 e. The summed E-state index contributed by atoms with van der Waals surface area (Å²) in [5, 5.41) is 3.10. The average molecular weight is 327 g/mol. The summed E-state index contributed by atoms with van der Waals surface area (Å²) in [5.41, 5.74) is 6.57. The van der Waals surface area contributed by atoms with E-state index in [1.54, 1.807) is 18.2 Å². The molecular weight excluding hydrogens is 316 g/mol. The maximum atomic E-state index is 12.2. The summed E-state index contributed by atoms with van der Waals surface area (Å²) in [6, 6.07) is 10.2. The van der Waals surface area contributed by atoms with Gasteiger partial charge >= 0.3 is 0 Å². The lowest BCUT2D eigenvalue weighted by atomic mass is 10.2. The highest BCUT2D eigenvalue weighted by Gasteiger charge is 2.11. The van der Waals surface area contributed by atoms with Gasteiger partial charge in [-0.15, -0.1) is 0 Å². The van der Waals surface area contributed by atoms with Gasteiger partial charge in [0.25, 0.3) is 5.91 Å². The van der Waals surface area contributed by atoms with Crippen LogP contribution in [-0.4, -0.2) is 25.8 Å². The second kappa shape index (κ2) is 6.37. The minimum atomic E-state index is -0.393. The van der Waals surface area contributed by atoms with Crippen molar-refractivity contribution in [1.29, 1.82) is 0 Å². The number of anilines is 2. The third kappa shape index (κ3) is 3.41. The van der Waals surface area contributed by atoms with E-state index in [9.17, 15) is 4.79 Å². The van der Waals surface area contributed by atoms with Crippen LogP contribution in [0.4, 0.5) is 11.8 Å². The minimum absolute atomic E-state index is 0.121. The lowest BCUT2D eigenvalue weighted by Crippen LogP contribution is -2.15. The van der Waals surface area contributed by atoms with Gasteiger partial charge in [0, 0.05) is 17.3 Å². The topological polar surface area (TPSA) is 107 Å². The molecule has 8 heteroatoms. The Morgan fingerprint density at radius 1 is 1.13 bits per heavy atom. The van der Waals surface area contributed by atoms with Crippen LogP contribution >= 0.6 is 11.6 Å². The number of hydrogen-bond acceptors (Lipinski definition) is 6. The molecule has 0 unspecified atom stereocenters. The number of halogens is 1. The number of nitrogen functional groups attached to an aromatic ring is 1. The predicted octanol–water partition coefficient (Wildman–Crippen LogP) is 2.42. The van der Waals surface area contributed by atoms with Crippen LogP contribution in [0.5, 0.6) is 0 Å². The predicted molar refractivity (Wildman–Crippen MR) is 86.9 cm³/mol. The molecule has 7 nitrogen and oxygen atoms in total. The van der Waals surface area contributed by atoms with Crippen LogP contribution in [0.25, 0.3) is 11.4 Å². The van der Waals surface area contributed by atoms with Gasteiger partial charge in [-0.25, -0.2) is 15.0 Å². The summed E-state index contributed by atoms with van der Waals surface area (Å²) in [6.45, 7) is 0. The standard InChI is InChI=1S/C15H11ClN6O/c16-11-4-2-1-3-10(11)13-19-8-20-15(21-13)22-14(23)9-5-6-18-12(17)7-9/h1-8H,(H2,17,18)(H,19,20,21,22,23). The normalized spacial score (nSPS) is 10.3. The number of amides is 1. The van der Waals surface area contributed by atoms with E-state index in [1.807, 2.05) is 12.1 Å². The van der Waals surface area contributed by atoms with Gasteiger partial charge in [0.2, 0.25) is 5.95 Å². The number of hydrogen-bond donors (Lipinski definition) is 2. The number of nitrogens with two attached hydrogens (primary N) is 1. The summed E-state index contributed by atoms with van der Waals surface area (Å²) in [4.78, 5) is 28.2. The van der Waals surface area contributed by atoms with Crippen LogP contribution in [0.1, 0.15) is 10.4 Å². The molecule has 2 aromatic heterocycles. The van der Waals surface area contributed by atoms with E-state index in [4.69, 9.17) is 17.3 Å². The molecule has 0 saturated heterocycles. The molecule has 0 aliphatic carbocycles. The number of rotatable bonds is 3. The van der Waals surface area contributed by atoms with E-state index in [0.29, 0.717) is 22.0 Å². The zero-order valence-corrected chi connectivity index (χ0v) is 12.5. The Bertz CT molecular complexity index is 870. The van der Waals surface area contributed by atoms with Crippen molar-refractivity contribution in [2.24, 2.45) is 0 Å². The molecule has 0 fully saturated rings. The van der Waals surface area contributed by atoms with Gasteiger partial charge in [0.1, 0.15) is 12.1 Å². The molecule has 3 aromatic rings. The summed E-state index contributed by atoms with van der Waals surface area (Å²) >= 11 is 6.12. The van der Waals surface area contributed by atoms with Crippen LogP contribution in [0, 0.1) is 0 Å². The molecule has 23 heavy (non-hydrogen) atoms. The van der Waals surface area contributed by atoms with Gasteiger partial charge in [-0.05, 0) is 24.3 Å². The van der Waals surface area contributed by atoms with Crippen molar-refractivity contribution in [2.75, 3.05) is 11.1 Å².